The van der Waals surface area contributed by atoms with Crippen molar-refractivity contribution < 1.29 is 8.78 Å². The molecule has 0 unspecified atom stereocenters. The summed E-state index contributed by atoms with van der Waals surface area (Å²) in [6.45, 7) is 0.430. The summed E-state index contributed by atoms with van der Waals surface area (Å²) in [5.74, 6) is -0.976. The fraction of sp³-hybridized carbons (Fsp3) is 0.0667. The summed E-state index contributed by atoms with van der Waals surface area (Å²) in [6, 6.07) is 10.1. The van der Waals surface area contributed by atoms with E-state index >= 15 is 0 Å². The van der Waals surface area contributed by atoms with Crippen LogP contribution in [0.3, 0.4) is 0 Å². The van der Waals surface area contributed by atoms with Crippen LogP contribution in [0.2, 0.25) is 0 Å². The molecule has 1 heterocycles. The first-order valence-electron chi connectivity index (χ1n) is 6.08. The molecule has 20 heavy (non-hydrogen) atoms. The summed E-state index contributed by atoms with van der Waals surface area (Å²) in [5.41, 5.74) is 2.20. The molecule has 2 N–H and O–H groups in total. The lowest BCUT2D eigenvalue weighted by Crippen LogP contribution is -2.02. The molecule has 102 valence electrons. The third-order valence-electron chi connectivity index (χ3n) is 3.11. The van der Waals surface area contributed by atoms with E-state index in [0.29, 0.717) is 6.54 Å². The quantitative estimate of drug-likeness (QED) is 0.659. The van der Waals surface area contributed by atoms with E-state index in [-0.39, 0.29) is 10.2 Å². The fourth-order valence-electron chi connectivity index (χ4n) is 2.07. The maximum atomic E-state index is 13.7. The molecular formula is C15H11BrF2N2. The molecule has 0 radical (unpaired) electrons. The summed E-state index contributed by atoms with van der Waals surface area (Å²) >= 11 is 2.95. The van der Waals surface area contributed by atoms with Crippen molar-refractivity contribution >= 4 is 32.5 Å². The normalized spacial score (nSPS) is 10.9. The highest BCUT2D eigenvalue weighted by molar-refractivity contribution is 9.10. The number of hydrogen-bond donors (Lipinski definition) is 2. The van der Waals surface area contributed by atoms with Crippen LogP contribution >= 0.6 is 15.9 Å². The Hall–Kier alpha value is -1.88. The van der Waals surface area contributed by atoms with E-state index in [1.54, 1.807) is 0 Å². The van der Waals surface area contributed by atoms with Gasteiger partial charge in [0.25, 0.3) is 0 Å². The molecule has 0 atom stereocenters. The Labute approximate surface area is 122 Å². The molecule has 0 aliphatic heterocycles. The van der Waals surface area contributed by atoms with Crippen LogP contribution in [-0.4, -0.2) is 4.98 Å². The zero-order valence-electron chi connectivity index (χ0n) is 10.4. The van der Waals surface area contributed by atoms with Gasteiger partial charge in [0, 0.05) is 24.3 Å². The largest absolute Gasteiger partial charge is 0.379 e. The first kappa shape index (κ1) is 13.1. The molecule has 2 aromatic carbocycles. The Morgan fingerprint density at radius 3 is 2.75 bits per heavy atom. The predicted molar refractivity (Wildman–Crippen MR) is 79.7 cm³/mol. The molecule has 0 amide bonds. The SMILES string of the molecule is Fc1cc(NCc2ccc3[nH]ccc3c2)c(F)cc1Br. The Kier molecular flexibility index (Phi) is 3.44. The second kappa shape index (κ2) is 5.25. The smallest absolute Gasteiger partial charge is 0.147 e. The molecule has 0 aliphatic carbocycles. The van der Waals surface area contributed by atoms with Crippen LogP contribution in [0.25, 0.3) is 10.9 Å². The Morgan fingerprint density at radius 1 is 1.05 bits per heavy atom. The molecule has 0 aliphatic rings. The number of nitrogens with one attached hydrogen (secondary N) is 2. The van der Waals surface area contributed by atoms with Crippen LogP contribution < -0.4 is 5.32 Å². The first-order chi connectivity index (χ1) is 9.63. The first-order valence-corrected chi connectivity index (χ1v) is 6.87. The van der Waals surface area contributed by atoms with Gasteiger partial charge in [-0.2, -0.15) is 0 Å². The Morgan fingerprint density at radius 2 is 1.90 bits per heavy atom. The summed E-state index contributed by atoms with van der Waals surface area (Å²) in [4.78, 5) is 3.11. The maximum absolute atomic E-state index is 13.7. The topological polar surface area (TPSA) is 27.8 Å². The second-order valence-corrected chi connectivity index (χ2v) is 5.35. The van der Waals surface area contributed by atoms with Gasteiger partial charge in [-0.15, -0.1) is 0 Å². The number of anilines is 1. The highest BCUT2D eigenvalue weighted by Crippen LogP contribution is 2.24. The Balaban J connectivity index is 1.80. The zero-order valence-corrected chi connectivity index (χ0v) is 12.0. The highest BCUT2D eigenvalue weighted by atomic mass is 79.9. The standard InChI is InChI=1S/C15H11BrF2N2/c16-11-6-13(18)15(7-12(11)17)20-8-9-1-2-14-10(5-9)3-4-19-14/h1-7,19-20H,8H2. The van der Waals surface area contributed by atoms with Crippen LogP contribution in [0.15, 0.2) is 47.1 Å². The van der Waals surface area contributed by atoms with Gasteiger partial charge >= 0.3 is 0 Å². The van der Waals surface area contributed by atoms with Crippen LogP contribution in [0, 0.1) is 11.6 Å². The van der Waals surface area contributed by atoms with E-state index in [1.807, 2.05) is 30.5 Å². The third-order valence-corrected chi connectivity index (χ3v) is 3.72. The van der Waals surface area contributed by atoms with Crippen molar-refractivity contribution in [3.63, 3.8) is 0 Å². The number of halogens is 3. The van der Waals surface area contributed by atoms with E-state index in [0.717, 1.165) is 28.6 Å². The average molecular weight is 337 g/mol. The van der Waals surface area contributed by atoms with Gasteiger partial charge in [-0.1, -0.05) is 6.07 Å². The molecule has 0 saturated heterocycles. The predicted octanol–water partition coefficient (Wildman–Crippen LogP) is 4.82. The second-order valence-electron chi connectivity index (χ2n) is 4.50. The van der Waals surface area contributed by atoms with Crippen molar-refractivity contribution in [2.75, 3.05) is 5.32 Å². The highest BCUT2D eigenvalue weighted by Gasteiger charge is 2.08. The Bertz CT molecular complexity index is 768. The van der Waals surface area contributed by atoms with Crippen LogP contribution in [-0.2, 0) is 6.54 Å². The summed E-state index contributed by atoms with van der Waals surface area (Å²) in [7, 11) is 0. The zero-order chi connectivity index (χ0) is 14.1. The van der Waals surface area contributed by atoms with Gasteiger partial charge in [0.1, 0.15) is 11.6 Å². The molecule has 0 saturated carbocycles. The minimum atomic E-state index is -0.491. The van der Waals surface area contributed by atoms with Gasteiger partial charge in [0.15, 0.2) is 0 Å². The monoisotopic (exact) mass is 336 g/mol. The van der Waals surface area contributed by atoms with Crippen molar-refractivity contribution in [1.29, 1.82) is 0 Å². The molecular weight excluding hydrogens is 326 g/mol. The van der Waals surface area contributed by atoms with Crippen LogP contribution in [0.4, 0.5) is 14.5 Å². The van der Waals surface area contributed by atoms with Crippen LogP contribution in [0.5, 0.6) is 0 Å². The molecule has 1 aromatic heterocycles. The number of H-pyrrole nitrogens is 1. The van der Waals surface area contributed by atoms with Crippen LogP contribution in [0.1, 0.15) is 5.56 Å². The van der Waals surface area contributed by atoms with E-state index < -0.39 is 11.6 Å². The average Bonchev–Trinajstić information content (AvgIpc) is 2.89. The summed E-state index contributed by atoms with van der Waals surface area (Å²) in [5, 5.41) is 4.00. The van der Waals surface area contributed by atoms with Gasteiger partial charge in [-0.05, 0) is 51.1 Å². The number of fused-ring (bicyclic) bond motifs is 1. The van der Waals surface area contributed by atoms with Gasteiger partial charge in [-0.25, -0.2) is 8.78 Å². The van der Waals surface area contributed by atoms with Crippen molar-refractivity contribution in [3.05, 3.63) is 64.3 Å². The fourth-order valence-corrected chi connectivity index (χ4v) is 2.38. The van der Waals surface area contributed by atoms with Crippen molar-refractivity contribution in [1.82, 2.24) is 4.98 Å². The lowest BCUT2D eigenvalue weighted by molar-refractivity contribution is 0.596. The maximum Gasteiger partial charge on any atom is 0.147 e. The molecule has 0 bridgehead atoms. The van der Waals surface area contributed by atoms with Gasteiger partial charge in [0.2, 0.25) is 0 Å². The third kappa shape index (κ3) is 2.54. The van der Waals surface area contributed by atoms with Crippen molar-refractivity contribution in [2.24, 2.45) is 0 Å². The summed E-state index contributed by atoms with van der Waals surface area (Å²) in [6.07, 6.45) is 1.87. The molecule has 0 fully saturated rings. The summed E-state index contributed by atoms with van der Waals surface area (Å²) < 4.78 is 27.2. The van der Waals surface area contributed by atoms with Gasteiger partial charge in [0.05, 0.1) is 10.2 Å². The molecule has 5 heteroatoms. The van der Waals surface area contributed by atoms with E-state index in [2.05, 4.69) is 26.2 Å². The molecule has 0 spiro atoms. The number of rotatable bonds is 3. The number of aromatic nitrogens is 1. The van der Waals surface area contributed by atoms with Crippen molar-refractivity contribution in [3.8, 4) is 0 Å². The number of benzene rings is 2. The molecule has 2 nitrogen and oxygen atoms in total. The number of hydrogen-bond acceptors (Lipinski definition) is 1. The lowest BCUT2D eigenvalue weighted by atomic mass is 10.1. The number of aromatic amines is 1. The minimum Gasteiger partial charge on any atom is -0.379 e. The lowest BCUT2D eigenvalue weighted by Gasteiger charge is -2.09. The van der Waals surface area contributed by atoms with E-state index in [1.165, 1.54) is 0 Å². The molecule has 3 aromatic rings. The van der Waals surface area contributed by atoms with Gasteiger partial charge in [-0.3, -0.25) is 0 Å². The van der Waals surface area contributed by atoms with E-state index in [9.17, 15) is 8.78 Å². The van der Waals surface area contributed by atoms with Crippen molar-refractivity contribution in [2.45, 2.75) is 6.54 Å². The minimum absolute atomic E-state index is 0.120. The molecule has 3 rings (SSSR count). The van der Waals surface area contributed by atoms with E-state index in [4.69, 9.17) is 0 Å². The van der Waals surface area contributed by atoms with Gasteiger partial charge < -0.3 is 10.3 Å².